The Hall–Kier alpha value is -1.42. The molecular formula is C16H20ClFN4O2S2. The number of likely N-dealkylation sites (N-methyl/N-ethyl adjacent to an activating group) is 1. The van der Waals surface area contributed by atoms with Crippen molar-refractivity contribution in [2.75, 3.05) is 24.1 Å². The van der Waals surface area contributed by atoms with Gasteiger partial charge in [0.15, 0.2) is 5.13 Å². The summed E-state index contributed by atoms with van der Waals surface area (Å²) in [6.07, 6.45) is 4.54. The first kappa shape index (κ1) is 19.3. The van der Waals surface area contributed by atoms with E-state index in [1.807, 2.05) is 14.1 Å². The van der Waals surface area contributed by atoms with Gasteiger partial charge in [0.25, 0.3) is 10.0 Å². The van der Waals surface area contributed by atoms with Crippen molar-refractivity contribution in [1.29, 1.82) is 0 Å². The molecule has 0 aliphatic heterocycles. The third kappa shape index (κ3) is 4.11. The summed E-state index contributed by atoms with van der Waals surface area (Å²) in [4.78, 5) is 5.48. The molecule has 26 heavy (non-hydrogen) atoms. The predicted molar refractivity (Wildman–Crippen MR) is 103 cm³/mol. The van der Waals surface area contributed by atoms with E-state index < -0.39 is 20.7 Å². The number of hydrogen-bond acceptors (Lipinski definition) is 6. The lowest BCUT2D eigenvalue weighted by molar-refractivity contribution is 0.285. The molecule has 6 nitrogen and oxygen atoms in total. The minimum atomic E-state index is -4.10. The summed E-state index contributed by atoms with van der Waals surface area (Å²) in [6.45, 7) is 0. The minimum Gasteiger partial charge on any atom is -0.379 e. The molecule has 0 bridgehead atoms. The van der Waals surface area contributed by atoms with Crippen LogP contribution >= 0.6 is 22.9 Å². The highest BCUT2D eigenvalue weighted by Gasteiger charge is 2.30. The van der Waals surface area contributed by atoms with Gasteiger partial charge < -0.3 is 10.2 Å². The number of aromatic nitrogens is 1. The van der Waals surface area contributed by atoms with Gasteiger partial charge in [-0.3, -0.25) is 4.72 Å². The Balaban J connectivity index is 1.84. The SMILES string of the molecule is CN(C)[C@H]1CCC[C@@H]1Nc1cc(F)c(S(=O)(=O)Nc2nccs2)cc1Cl. The lowest BCUT2D eigenvalue weighted by Gasteiger charge is -2.28. The van der Waals surface area contributed by atoms with Crippen LogP contribution in [-0.2, 0) is 10.0 Å². The maximum atomic E-state index is 14.5. The van der Waals surface area contributed by atoms with Crippen molar-refractivity contribution < 1.29 is 12.8 Å². The molecule has 0 radical (unpaired) electrons. The van der Waals surface area contributed by atoms with Crippen LogP contribution in [0.1, 0.15) is 19.3 Å². The van der Waals surface area contributed by atoms with Gasteiger partial charge in [0.05, 0.1) is 10.7 Å². The standard InChI is InChI=1S/C16H20ClFN4O2S2/c1-22(2)14-5-3-4-12(14)20-13-9-11(18)15(8-10(13)17)26(23,24)21-16-19-6-7-25-16/h6-9,12,14,20H,3-5H2,1-2H3,(H,19,21)/t12-,14-/m0/s1. The molecule has 0 saturated heterocycles. The zero-order chi connectivity index (χ0) is 18.9. The predicted octanol–water partition coefficient (Wildman–Crippen LogP) is 3.63. The fraction of sp³-hybridized carbons (Fsp3) is 0.438. The molecule has 0 unspecified atom stereocenters. The first-order valence-corrected chi connectivity index (χ1v) is 10.9. The molecule has 1 fully saturated rings. The summed E-state index contributed by atoms with van der Waals surface area (Å²) in [5, 5.41) is 5.22. The van der Waals surface area contributed by atoms with Crippen LogP contribution < -0.4 is 10.0 Å². The molecule has 10 heteroatoms. The smallest absolute Gasteiger partial charge is 0.266 e. The van der Waals surface area contributed by atoms with Crippen LogP contribution in [-0.4, -0.2) is 44.5 Å². The second kappa shape index (κ2) is 7.67. The summed E-state index contributed by atoms with van der Waals surface area (Å²) in [5.74, 6) is -0.861. The van der Waals surface area contributed by atoms with Crippen molar-refractivity contribution in [2.45, 2.75) is 36.2 Å². The molecule has 1 heterocycles. The Morgan fingerprint density at radius 2 is 2.12 bits per heavy atom. The Labute approximate surface area is 161 Å². The lowest BCUT2D eigenvalue weighted by Crippen LogP contribution is -2.39. The largest absolute Gasteiger partial charge is 0.379 e. The van der Waals surface area contributed by atoms with Crippen LogP contribution in [0.2, 0.25) is 5.02 Å². The molecular weight excluding hydrogens is 399 g/mol. The van der Waals surface area contributed by atoms with Crippen LogP contribution in [0, 0.1) is 5.82 Å². The summed E-state index contributed by atoms with van der Waals surface area (Å²) in [7, 11) is -0.0886. The number of nitrogens with zero attached hydrogens (tertiary/aromatic N) is 2. The van der Waals surface area contributed by atoms with E-state index in [9.17, 15) is 12.8 Å². The van der Waals surface area contributed by atoms with Crippen molar-refractivity contribution in [3.63, 3.8) is 0 Å². The fourth-order valence-electron chi connectivity index (χ4n) is 3.22. The average Bonchev–Trinajstić information content (AvgIpc) is 3.21. The molecule has 2 aromatic rings. The number of thiazole rings is 1. The van der Waals surface area contributed by atoms with Gasteiger partial charge in [-0.15, -0.1) is 11.3 Å². The van der Waals surface area contributed by atoms with Gasteiger partial charge in [-0.2, -0.15) is 0 Å². The van der Waals surface area contributed by atoms with E-state index in [1.54, 1.807) is 5.38 Å². The van der Waals surface area contributed by atoms with E-state index in [1.165, 1.54) is 6.20 Å². The van der Waals surface area contributed by atoms with Gasteiger partial charge in [0.2, 0.25) is 0 Å². The zero-order valence-electron chi connectivity index (χ0n) is 14.4. The second-order valence-corrected chi connectivity index (χ2v) is 9.37. The Morgan fingerprint density at radius 1 is 1.35 bits per heavy atom. The number of anilines is 2. The average molecular weight is 419 g/mol. The van der Waals surface area contributed by atoms with Crippen LogP contribution in [0.25, 0.3) is 0 Å². The molecule has 0 spiro atoms. The van der Waals surface area contributed by atoms with E-state index in [0.29, 0.717) is 11.7 Å². The molecule has 0 amide bonds. The number of halogens is 2. The highest BCUT2D eigenvalue weighted by Crippen LogP contribution is 2.33. The number of nitrogens with one attached hydrogen (secondary N) is 2. The minimum absolute atomic E-state index is 0.137. The van der Waals surface area contributed by atoms with Gasteiger partial charge in [0.1, 0.15) is 10.7 Å². The molecule has 1 aromatic carbocycles. The third-order valence-corrected chi connectivity index (χ3v) is 6.93. The Bertz CT molecular complexity index is 875. The lowest BCUT2D eigenvalue weighted by atomic mass is 10.1. The second-order valence-electron chi connectivity index (χ2n) is 6.42. The molecule has 2 atom stereocenters. The van der Waals surface area contributed by atoms with Crippen molar-refractivity contribution in [3.05, 3.63) is 34.5 Å². The normalized spacial score (nSPS) is 20.5. The van der Waals surface area contributed by atoms with Crippen LogP contribution in [0.5, 0.6) is 0 Å². The van der Waals surface area contributed by atoms with E-state index in [0.717, 1.165) is 42.7 Å². The van der Waals surface area contributed by atoms with Crippen LogP contribution in [0.15, 0.2) is 28.6 Å². The maximum absolute atomic E-state index is 14.5. The van der Waals surface area contributed by atoms with E-state index in [2.05, 4.69) is 19.9 Å². The number of benzene rings is 1. The van der Waals surface area contributed by atoms with Gasteiger partial charge >= 0.3 is 0 Å². The van der Waals surface area contributed by atoms with Gasteiger partial charge in [0, 0.05) is 23.7 Å². The van der Waals surface area contributed by atoms with Crippen molar-refractivity contribution in [1.82, 2.24) is 9.88 Å². The number of sulfonamides is 1. The molecule has 2 N–H and O–H groups in total. The van der Waals surface area contributed by atoms with E-state index in [-0.39, 0.29) is 16.2 Å². The molecule has 142 valence electrons. The fourth-order valence-corrected chi connectivity index (χ4v) is 5.37. The molecule has 1 aliphatic carbocycles. The molecule has 1 aliphatic rings. The van der Waals surface area contributed by atoms with Crippen LogP contribution in [0.4, 0.5) is 15.2 Å². The van der Waals surface area contributed by atoms with E-state index >= 15 is 0 Å². The molecule has 1 aromatic heterocycles. The summed E-state index contributed by atoms with van der Waals surface area (Å²) in [5.41, 5.74) is 0.399. The first-order chi connectivity index (χ1) is 12.3. The van der Waals surface area contributed by atoms with Crippen LogP contribution in [0.3, 0.4) is 0 Å². The van der Waals surface area contributed by atoms with Crippen molar-refractivity contribution in [2.24, 2.45) is 0 Å². The van der Waals surface area contributed by atoms with Gasteiger partial charge in [-0.05, 0) is 45.5 Å². The Morgan fingerprint density at radius 3 is 2.77 bits per heavy atom. The van der Waals surface area contributed by atoms with Gasteiger partial charge in [-0.25, -0.2) is 17.8 Å². The molecule has 1 saturated carbocycles. The maximum Gasteiger partial charge on any atom is 0.266 e. The molecule has 3 rings (SSSR count). The number of rotatable bonds is 6. The quantitative estimate of drug-likeness (QED) is 0.749. The monoisotopic (exact) mass is 418 g/mol. The summed E-state index contributed by atoms with van der Waals surface area (Å²) in [6, 6.07) is 2.74. The topological polar surface area (TPSA) is 74.3 Å². The highest BCUT2D eigenvalue weighted by atomic mass is 35.5. The zero-order valence-corrected chi connectivity index (χ0v) is 16.8. The van der Waals surface area contributed by atoms with Crippen molar-refractivity contribution in [3.8, 4) is 0 Å². The highest BCUT2D eigenvalue weighted by molar-refractivity contribution is 7.93. The summed E-state index contributed by atoms with van der Waals surface area (Å²) < 4.78 is 41.6. The summed E-state index contributed by atoms with van der Waals surface area (Å²) >= 11 is 7.36. The van der Waals surface area contributed by atoms with E-state index in [4.69, 9.17) is 11.6 Å². The van der Waals surface area contributed by atoms with Crippen molar-refractivity contribution >= 4 is 43.8 Å². The van der Waals surface area contributed by atoms with Gasteiger partial charge in [-0.1, -0.05) is 11.6 Å². The first-order valence-electron chi connectivity index (χ1n) is 8.12. The number of hydrogen-bond donors (Lipinski definition) is 2. The third-order valence-electron chi connectivity index (χ3n) is 4.45. The Kier molecular flexibility index (Phi) is 5.71.